The third-order valence-electron chi connectivity index (χ3n) is 4.39. The Morgan fingerprint density at radius 1 is 1.24 bits per heavy atom. The lowest BCUT2D eigenvalue weighted by Gasteiger charge is -2.30. The van der Waals surface area contributed by atoms with Crippen LogP contribution in [0.4, 0.5) is 0 Å². The standard InChI is InChI=1S/C16H35N5/c1-13(2)21(14(3)4)11-9-18-16(17-5)19-12-15-8-7-10-20(15)6/h13-15H,7-12H2,1-6H3,(H2,17,18,19). The summed E-state index contributed by atoms with van der Waals surface area (Å²) in [6, 6.07) is 1.80. The average molecular weight is 297 g/mol. The van der Waals surface area contributed by atoms with Gasteiger partial charge in [-0.2, -0.15) is 0 Å². The molecule has 0 aromatic heterocycles. The van der Waals surface area contributed by atoms with Crippen molar-refractivity contribution in [3.63, 3.8) is 0 Å². The van der Waals surface area contributed by atoms with E-state index in [2.05, 4.69) is 60.2 Å². The van der Waals surface area contributed by atoms with E-state index >= 15 is 0 Å². The highest BCUT2D eigenvalue weighted by atomic mass is 15.2. The molecule has 1 fully saturated rings. The molecule has 0 aromatic carbocycles. The summed E-state index contributed by atoms with van der Waals surface area (Å²) in [5.41, 5.74) is 0. The molecule has 124 valence electrons. The molecule has 1 aliphatic heterocycles. The summed E-state index contributed by atoms with van der Waals surface area (Å²) in [6.45, 7) is 13.2. The van der Waals surface area contributed by atoms with E-state index in [1.54, 1.807) is 0 Å². The normalized spacial score (nSPS) is 20.8. The molecule has 0 aromatic rings. The molecule has 5 nitrogen and oxygen atoms in total. The minimum absolute atomic E-state index is 0.578. The van der Waals surface area contributed by atoms with Gasteiger partial charge >= 0.3 is 0 Å². The van der Waals surface area contributed by atoms with Gasteiger partial charge in [0, 0.05) is 44.8 Å². The average Bonchev–Trinajstić information content (AvgIpc) is 2.82. The number of aliphatic imine (C=N–C) groups is 1. The highest BCUT2D eigenvalue weighted by Crippen LogP contribution is 2.13. The van der Waals surface area contributed by atoms with Crippen LogP contribution in [0.1, 0.15) is 40.5 Å². The first kappa shape index (κ1) is 18.2. The lowest BCUT2D eigenvalue weighted by atomic mass is 10.2. The first-order chi connectivity index (χ1) is 9.95. The Balaban J connectivity index is 2.28. The van der Waals surface area contributed by atoms with Gasteiger partial charge in [0.1, 0.15) is 0 Å². The van der Waals surface area contributed by atoms with Gasteiger partial charge in [0.05, 0.1) is 0 Å². The van der Waals surface area contributed by atoms with Crippen molar-refractivity contribution >= 4 is 5.96 Å². The first-order valence-electron chi connectivity index (χ1n) is 8.36. The second-order valence-corrected chi connectivity index (χ2v) is 6.58. The van der Waals surface area contributed by atoms with Gasteiger partial charge in [-0.3, -0.25) is 9.89 Å². The van der Waals surface area contributed by atoms with E-state index in [0.29, 0.717) is 18.1 Å². The van der Waals surface area contributed by atoms with E-state index in [1.165, 1.54) is 19.4 Å². The van der Waals surface area contributed by atoms with E-state index in [-0.39, 0.29) is 0 Å². The molecule has 1 saturated heterocycles. The zero-order valence-electron chi connectivity index (χ0n) is 14.8. The minimum atomic E-state index is 0.578. The molecule has 0 radical (unpaired) electrons. The second kappa shape index (κ2) is 9.26. The maximum Gasteiger partial charge on any atom is 0.191 e. The Labute approximate surface area is 131 Å². The summed E-state index contributed by atoms with van der Waals surface area (Å²) < 4.78 is 0. The molecular weight excluding hydrogens is 262 g/mol. The van der Waals surface area contributed by atoms with Gasteiger partial charge in [0.15, 0.2) is 5.96 Å². The molecule has 0 spiro atoms. The SMILES string of the molecule is CN=C(NCCN(C(C)C)C(C)C)NCC1CCCN1C. The van der Waals surface area contributed by atoms with Crippen LogP contribution in [0.15, 0.2) is 4.99 Å². The summed E-state index contributed by atoms with van der Waals surface area (Å²) in [6.07, 6.45) is 2.60. The number of guanidine groups is 1. The topological polar surface area (TPSA) is 42.9 Å². The van der Waals surface area contributed by atoms with Crippen molar-refractivity contribution < 1.29 is 0 Å². The van der Waals surface area contributed by atoms with Crippen LogP contribution < -0.4 is 10.6 Å². The van der Waals surface area contributed by atoms with Gasteiger partial charge in [0.25, 0.3) is 0 Å². The Hall–Kier alpha value is -0.810. The summed E-state index contributed by atoms with van der Waals surface area (Å²) >= 11 is 0. The molecular formula is C16H35N5. The van der Waals surface area contributed by atoms with Gasteiger partial charge in [-0.1, -0.05) is 0 Å². The van der Waals surface area contributed by atoms with Gasteiger partial charge in [-0.15, -0.1) is 0 Å². The van der Waals surface area contributed by atoms with Crippen LogP contribution in [0.5, 0.6) is 0 Å². The Bertz CT molecular complexity index is 306. The number of hydrogen-bond donors (Lipinski definition) is 2. The number of likely N-dealkylation sites (N-methyl/N-ethyl adjacent to an activating group) is 1. The van der Waals surface area contributed by atoms with Crippen LogP contribution in [0.3, 0.4) is 0 Å². The predicted octanol–water partition coefficient (Wildman–Crippen LogP) is 1.36. The molecule has 2 N–H and O–H groups in total. The summed E-state index contributed by atoms with van der Waals surface area (Å²) in [5, 5.41) is 6.88. The fourth-order valence-electron chi connectivity index (χ4n) is 3.09. The lowest BCUT2D eigenvalue weighted by molar-refractivity contribution is 0.178. The quantitative estimate of drug-likeness (QED) is 0.550. The summed E-state index contributed by atoms with van der Waals surface area (Å²) in [4.78, 5) is 9.24. The number of nitrogens with zero attached hydrogens (tertiary/aromatic N) is 3. The Morgan fingerprint density at radius 2 is 1.90 bits per heavy atom. The van der Waals surface area contributed by atoms with Crippen LogP contribution in [0.25, 0.3) is 0 Å². The van der Waals surface area contributed by atoms with Crippen molar-refractivity contribution in [1.82, 2.24) is 20.4 Å². The number of rotatable bonds is 7. The minimum Gasteiger partial charge on any atom is -0.355 e. The third-order valence-corrected chi connectivity index (χ3v) is 4.39. The van der Waals surface area contributed by atoms with Crippen molar-refractivity contribution in [2.75, 3.05) is 40.3 Å². The molecule has 1 rings (SSSR count). The molecule has 0 bridgehead atoms. The van der Waals surface area contributed by atoms with Crippen LogP contribution in [-0.2, 0) is 0 Å². The van der Waals surface area contributed by atoms with E-state index < -0.39 is 0 Å². The van der Waals surface area contributed by atoms with Crippen molar-refractivity contribution in [2.45, 2.75) is 58.7 Å². The van der Waals surface area contributed by atoms with Gasteiger partial charge < -0.3 is 15.5 Å². The van der Waals surface area contributed by atoms with E-state index in [9.17, 15) is 0 Å². The maximum absolute atomic E-state index is 4.32. The zero-order valence-corrected chi connectivity index (χ0v) is 14.8. The fourth-order valence-corrected chi connectivity index (χ4v) is 3.09. The Morgan fingerprint density at radius 3 is 2.38 bits per heavy atom. The van der Waals surface area contributed by atoms with E-state index in [4.69, 9.17) is 0 Å². The molecule has 1 aliphatic rings. The second-order valence-electron chi connectivity index (χ2n) is 6.58. The lowest BCUT2D eigenvalue weighted by Crippen LogP contribution is -2.47. The zero-order chi connectivity index (χ0) is 15.8. The summed E-state index contributed by atoms with van der Waals surface area (Å²) in [5.74, 6) is 0.919. The molecule has 5 heteroatoms. The fraction of sp³-hybridized carbons (Fsp3) is 0.938. The predicted molar refractivity (Wildman–Crippen MR) is 92.0 cm³/mol. The molecule has 1 heterocycles. The third kappa shape index (κ3) is 6.22. The van der Waals surface area contributed by atoms with Crippen LogP contribution in [-0.4, -0.2) is 74.2 Å². The van der Waals surface area contributed by atoms with Crippen molar-refractivity contribution in [1.29, 1.82) is 0 Å². The molecule has 21 heavy (non-hydrogen) atoms. The Kier molecular flexibility index (Phi) is 8.04. The molecule has 1 atom stereocenters. The first-order valence-corrected chi connectivity index (χ1v) is 8.36. The van der Waals surface area contributed by atoms with Crippen molar-refractivity contribution in [2.24, 2.45) is 4.99 Å². The van der Waals surface area contributed by atoms with Crippen LogP contribution in [0.2, 0.25) is 0 Å². The van der Waals surface area contributed by atoms with Crippen LogP contribution >= 0.6 is 0 Å². The molecule has 0 aliphatic carbocycles. The highest BCUT2D eigenvalue weighted by molar-refractivity contribution is 5.79. The highest BCUT2D eigenvalue weighted by Gasteiger charge is 2.20. The smallest absolute Gasteiger partial charge is 0.191 e. The van der Waals surface area contributed by atoms with Gasteiger partial charge in [-0.05, 0) is 54.1 Å². The monoisotopic (exact) mass is 297 g/mol. The molecule has 0 amide bonds. The maximum atomic E-state index is 4.32. The number of hydrogen-bond acceptors (Lipinski definition) is 3. The van der Waals surface area contributed by atoms with Crippen LogP contribution in [0, 0.1) is 0 Å². The van der Waals surface area contributed by atoms with E-state index in [0.717, 1.165) is 25.6 Å². The molecule has 0 saturated carbocycles. The summed E-state index contributed by atoms with van der Waals surface area (Å²) in [7, 11) is 4.05. The van der Waals surface area contributed by atoms with Gasteiger partial charge in [-0.25, -0.2) is 0 Å². The number of nitrogens with one attached hydrogen (secondary N) is 2. The van der Waals surface area contributed by atoms with E-state index in [1.807, 2.05) is 7.05 Å². The van der Waals surface area contributed by atoms with Crippen molar-refractivity contribution in [3.05, 3.63) is 0 Å². The van der Waals surface area contributed by atoms with Gasteiger partial charge in [0.2, 0.25) is 0 Å². The van der Waals surface area contributed by atoms with Crippen molar-refractivity contribution in [3.8, 4) is 0 Å². The largest absolute Gasteiger partial charge is 0.355 e. The molecule has 1 unspecified atom stereocenters. The number of likely N-dealkylation sites (tertiary alicyclic amines) is 1.